The van der Waals surface area contributed by atoms with E-state index >= 15 is 0 Å². The molecule has 0 N–H and O–H groups in total. The molecule has 0 unspecified atom stereocenters. The van der Waals surface area contributed by atoms with Crippen LogP contribution >= 0.6 is 11.3 Å². The first kappa shape index (κ1) is 10.4. The van der Waals surface area contributed by atoms with Gasteiger partial charge in [0, 0.05) is 0 Å². The fourth-order valence-corrected chi connectivity index (χ4v) is 1.49. The molecule has 0 spiro atoms. The zero-order valence-corrected chi connectivity index (χ0v) is 6.72. The van der Waals surface area contributed by atoms with Crippen molar-refractivity contribution in [1.29, 1.82) is 0 Å². The van der Waals surface area contributed by atoms with Crippen molar-refractivity contribution >= 4 is 23.1 Å². The number of halogens is 6. The molecule has 0 bridgehead atoms. The molecule has 13 heavy (non-hydrogen) atoms. The van der Waals surface area contributed by atoms with E-state index in [0.717, 1.165) is 0 Å². The Morgan fingerprint density at radius 3 is 1.92 bits per heavy atom. The number of thiophene rings is 1. The molecule has 1 aromatic rings. The predicted molar refractivity (Wildman–Crippen MR) is 38.0 cm³/mol. The lowest BCUT2D eigenvalue weighted by Crippen LogP contribution is -2.31. The van der Waals surface area contributed by atoms with Gasteiger partial charge >= 0.3 is 13.2 Å². The lowest BCUT2D eigenvalue weighted by atomic mass is 9.89. The molecule has 1 aromatic heterocycles. The minimum Gasteiger partial charge on any atom is -0.444 e. The van der Waals surface area contributed by atoms with E-state index in [1.165, 1.54) is 0 Å². The van der Waals surface area contributed by atoms with Gasteiger partial charge in [-0.05, 0) is 5.38 Å². The van der Waals surface area contributed by atoms with Gasteiger partial charge in [-0.25, -0.2) is 0 Å². The fraction of sp³-hybridized carbons (Fsp3) is 0.200. The van der Waals surface area contributed by atoms with Crippen molar-refractivity contribution in [2.45, 2.75) is 6.18 Å². The molecule has 0 radical (unpaired) electrons. The summed E-state index contributed by atoms with van der Waals surface area (Å²) in [5, 5.41) is 0.463. The van der Waals surface area contributed by atoms with Gasteiger partial charge in [-0.1, -0.05) is 10.8 Å². The molecule has 0 saturated heterocycles. The van der Waals surface area contributed by atoms with Crippen LogP contribution in [0, 0.1) is 0 Å². The van der Waals surface area contributed by atoms with Crippen molar-refractivity contribution in [3.63, 3.8) is 0 Å². The SMILES string of the molecule is F[B-](F)(F)c1cc(C(F)(F)F)cs1. The number of alkyl halides is 3. The molecule has 1 rings (SSSR count). The first-order valence-corrected chi connectivity index (χ1v) is 3.95. The smallest absolute Gasteiger partial charge is 0.444 e. The molecule has 0 aliphatic heterocycles. The van der Waals surface area contributed by atoms with Gasteiger partial charge in [0.1, 0.15) is 0 Å². The van der Waals surface area contributed by atoms with Crippen LogP contribution in [0.4, 0.5) is 26.1 Å². The molecule has 0 atom stereocenters. The van der Waals surface area contributed by atoms with E-state index in [-0.39, 0.29) is 17.4 Å². The third-order valence-electron chi connectivity index (χ3n) is 1.27. The van der Waals surface area contributed by atoms with Crippen LogP contribution in [0.3, 0.4) is 0 Å². The summed E-state index contributed by atoms with van der Waals surface area (Å²) in [6.45, 7) is -5.32. The van der Waals surface area contributed by atoms with Crippen LogP contribution in [0.2, 0.25) is 0 Å². The van der Waals surface area contributed by atoms with Crippen molar-refractivity contribution in [2.75, 3.05) is 0 Å². The van der Waals surface area contributed by atoms with Gasteiger partial charge in [0.2, 0.25) is 0 Å². The number of rotatable bonds is 1. The summed E-state index contributed by atoms with van der Waals surface area (Å²) in [5.41, 5.74) is -1.24. The van der Waals surface area contributed by atoms with Crippen molar-refractivity contribution in [3.8, 4) is 0 Å². The molecule has 0 fully saturated rings. The molecule has 0 nitrogen and oxygen atoms in total. The highest BCUT2D eigenvalue weighted by Gasteiger charge is 2.35. The average Bonchev–Trinajstić information content (AvgIpc) is 2.28. The minimum absolute atomic E-state index is 0.0661. The normalized spacial score (nSPS) is 13.4. The van der Waals surface area contributed by atoms with Crippen LogP contribution in [0.15, 0.2) is 11.4 Å². The molecule has 0 amide bonds. The molecule has 8 heteroatoms. The van der Waals surface area contributed by atoms with Gasteiger partial charge in [-0.2, -0.15) is 24.5 Å². The summed E-state index contributed by atoms with van der Waals surface area (Å²) >= 11 is 0.0661. The second-order valence-electron chi connectivity index (χ2n) is 2.31. The summed E-state index contributed by atoms with van der Waals surface area (Å²) in [6, 6.07) is 0.130. The Hall–Kier alpha value is -0.655. The molecule has 0 aliphatic carbocycles. The van der Waals surface area contributed by atoms with E-state index in [0.29, 0.717) is 5.38 Å². The fourth-order valence-electron chi connectivity index (χ4n) is 0.673. The maximum atomic E-state index is 11.9. The van der Waals surface area contributed by atoms with E-state index in [9.17, 15) is 26.1 Å². The van der Waals surface area contributed by atoms with E-state index in [2.05, 4.69) is 0 Å². The van der Waals surface area contributed by atoms with E-state index in [1.807, 2.05) is 0 Å². The van der Waals surface area contributed by atoms with Crippen molar-refractivity contribution in [3.05, 3.63) is 17.0 Å². The third-order valence-corrected chi connectivity index (χ3v) is 2.30. The van der Waals surface area contributed by atoms with Gasteiger partial charge < -0.3 is 12.9 Å². The van der Waals surface area contributed by atoms with Crippen molar-refractivity contribution in [1.82, 2.24) is 0 Å². The number of hydrogen-bond donors (Lipinski definition) is 0. The standard InChI is InChI=1S/C5H2BF6S/c7-5(8,9)3-1-4(13-2-3)6(10,11)12/h1-2H/q-1. The quantitative estimate of drug-likeness (QED) is 0.503. The Morgan fingerprint density at radius 2 is 1.69 bits per heavy atom. The monoisotopic (exact) mass is 219 g/mol. The van der Waals surface area contributed by atoms with Crippen LogP contribution in [0.25, 0.3) is 0 Å². The van der Waals surface area contributed by atoms with E-state index in [4.69, 9.17) is 0 Å². The third kappa shape index (κ3) is 2.39. The van der Waals surface area contributed by atoms with Crippen molar-refractivity contribution < 1.29 is 26.1 Å². The van der Waals surface area contributed by atoms with E-state index < -0.39 is 23.5 Å². The molecule has 0 aromatic carbocycles. The second kappa shape index (κ2) is 2.93. The maximum absolute atomic E-state index is 11.9. The van der Waals surface area contributed by atoms with Crippen molar-refractivity contribution in [2.24, 2.45) is 0 Å². The molecule has 74 valence electrons. The van der Waals surface area contributed by atoms with E-state index in [1.54, 1.807) is 0 Å². The second-order valence-corrected chi connectivity index (χ2v) is 3.25. The number of hydrogen-bond acceptors (Lipinski definition) is 1. The summed E-state index contributed by atoms with van der Waals surface area (Å²) in [7, 11) is 0. The summed E-state index contributed by atoms with van der Waals surface area (Å²) in [4.78, 5) is 0. The Labute approximate surface area is 73.2 Å². The van der Waals surface area contributed by atoms with Crippen LogP contribution in [0.1, 0.15) is 5.56 Å². The Balaban J connectivity index is 3.01. The topological polar surface area (TPSA) is 0 Å². The molecular weight excluding hydrogens is 217 g/mol. The molecule has 0 saturated carbocycles. The van der Waals surface area contributed by atoms with Crippen LogP contribution < -0.4 is 4.78 Å². The van der Waals surface area contributed by atoms with Gasteiger partial charge in [0.25, 0.3) is 0 Å². The van der Waals surface area contributed by atoms with Crippen LogP contribution in [-0.2, 0) is 6.18 Å². The van der Waals surface area contributed by atoms with Crippen LogP contribution in [-0.4, -0.2) is 6.98 Å². The Bertz CT molecular complexity index is 268. The first-order valence-electron chi connectivity index (χ1n) is 3.07. The molecule has 1 heterocycles. The first-order chi connectivity index (χ1) is 5.71. The highest BCUT2D eigenvalue weighted by molar-refractivity contribution is 7.22. The zero-order valence-electron chi connectivity index (χ0n) is 5.91. The largest absolute Gasteiger partial charge is 0.519 e. The maximum Gasteiger partial charge on any atom is 0.519 e. The zero-order chi connectivity index (χ0) is 10.3. The predicted octanol–water partition coefficient (Wildman–Crippen LogP) is 2.82. The lowest BCUT2D eigenvalue weighted by molar-refractivity contribution is -0.137. The summed E-state index contributed by atoms with van der Waals surface area (Å²) < 4.78 is 70.0. The summed E-state index contributed by atoms with van der Waals surface area (Å²) in [5.74, 6) is 0. The lowest BCUT2D eigenvalue weighted by Gasteiger charge is -2.10. The van der Waals surface area contributed by atoms with Gasteiger partial charge in [0.05, 0.1) is 5.56 Å². The molecule has 0 aliphatic rings. The highest BCUT2D eigenvalue weighted by Crippen LogP contribution is 2.31. The van der Waals surface area contributed by atoms with Gasteiger partial charge in [-0.3, -0.25) is 0 Å². The Kier molecular flexibility index (Phi) is 2.35. The van der Waals surface area contributed by atoms with Gasteiger partial charge in [0.15, 0.2) is 0 Å². The molecular formula is C5H2BF6S-. The Morgan fingerprint density at radius 1 is 1.15 bits per heavy atom. The van der Waals surface area contributed by atoms with Gasteiger partial charge in [-0.15, -0.1) is 0 Å². The average molecular weight is 219 g/mol. The highest BCUT2D eigenvalue weighted by atomic mass is 32.1. The minimum atomic E-state index is -5.32. The van der Waals surface area contributed by atoms with Crippen LogP contribution in [0.5, 0.6) is 0 Å². The summed E-state index contributed by atoms with van der Waals surface area (Å²) in [6.07, 6.45) is -4.70.